The fourth-order valence-corrected chi connectivity index (χ4v) is 1.85. The van der Waals surface area contributed by atoms with Gasteiger partial charge in [-0.1, -0.05) is 19.1 Å². The predicted octanol–water partition coefficient (Wildman–Crippen LogP) is 2.50. The first kappa shape index (κ1) is 21.6. The lowest BCUT2D eigenvalue weighted by Crippen LogP contribution is -2.44. The van der Waals surface area contributed by atoms with Crippen molar-refractivity contribution >= 4 is 35.8 Å². The van der Waals surface area contributed by atoms with E-state index in [0.717, 1.165) is 12.0 Å². The number of hydrogen-bond acceptors (Lipinski definition) is 2. The highest BCUT2D eigenvalue weighted by Crippen LogP contribution is 2.16. The molecular formula is C16H26FIN4O. The zero-order valence-corrected chi connectivity index (χ0v) is 16.4. The molecule has 3 N–H and O–H groups in total. The maximum Gasteiger partial charge on any atom is 0.239 e. The van der Waals surface area contributed by atoms with Gasteiger partial charge in [0.15, 0.2) is 5.96 Å². The SMILES string of the molecule is CCCNC(=O)CNC(=NC)NC(C)c1ccc(C)c(F)c1.I. The molecule has 0 aliphatic heterocycles. The lowest BCUT2D eigenvalue weighted by atomic mass is 10.1. The van der Waals surface area contributed by atoms with Crippen molar-refractivity contribution in [2.75, 3.05) is 20.1 Å². The molecule has 1 amide bonds. The maximum atomic E-state index is 13.6. The van der Waals surface area contributed by atoms with Crippen LogP contribution in [-0.4, -0.2) is 32.0 Å². The monoisotopic (exact) mass is 436 g/mol. The Labute approximate surface area is 154 Å². The van der Waals surface area contributed by atoms with Crippen LogP contribution in [0.2, 0.25) is 0 Å². The van der Waals surface area contributed by atoms with Gasteiger partial charge in [-0.05, 0) is 37.5 Å². The molecule has 0 radical (unpaired) electrons. The fraction of sp³-hybridized carbons (Fsp3) is 0.500. The minimum atomic E-state index is -0.229. The predicted molar refractivity (Wildman–Crippen MR) is 103 cm³/mol. The van der Waals surface area contributed by atoms with Crippen molar-refractivity contribution in [3.05, 3.63) is 35.1 Å². The summed E-state index contributed by atoms with van der Waals surface area (Å²) in [4.78, 5) is 15.6. The average Bonchev–Trinajstić information content (AvgIpc) is 2.51. The van der Waals surface area contributed by atoms with E-state index in [0.29, 0.717) is 18.1 Å². The Kier molecular flexibility index (Phi) is 10.5. The molecule has 1 aromatic rings. The third-order valence-corrected chi connectivity index (χ3v) is 3.26. The van der Waals surface area contributed by atoms with Crippen LogP contribution in [0.3, 0.4) is 0 Å². The Morgan fingerprint density at radius 3 is 2.61 bits per heavy atom. The molecule has 0 aromatic heterocycles. The number of aliphatic imine (C=N–C) groups is 1. The number of nitrogens with zero attached hydrogens (tertiary/aromatic N) is 1. The van der Waals surface area contributed by atoms with Gasteiger partial charge in [0, 0.05) is 13.6 Å². The molecule has 1 aromatic carbocycles. The van der Waals surface area contributed by atoms with E-state index in [1.54, 1.807) is 20.0 Å². The van der Waals surface area contributed by atoms with E-state index in [1.165, 1.54) is 6.07 Å². The summed E-state index contributed by atoms with van der Waals surface area (Å²) in [6.07, 6.45) is 0.898. The van der Waals surface area contributed by atoms with Gasteiger partial charge in [0.2, 0.25) is 5.91 Å². The van der Waals surface area contributed by atoms with Crippen molar-refractivity contribution in [1.29, 1.82) is 0 Å². The molecule has 7 heteroatoms. The summed E-state index contributed by atoms with van der Waals surface area (Å²) >= 11 is 0. The van der Waals surface area contributed by atoms with E-state index in [4.69, 9.17) is 0 Å². The van der Waals surface area contributed by atoms with Crippen molar-refractivity contribution in [2.24, 2.45) is 4.99 Å². The summed E-state index contributed by atoms with van der Waals surface area (Å²) in [6, 6.07) is 5.00. The molecule has 0 aliphatic rings. The van der Waals surface area contributed by atoms with Crippen LogP contribution in [0, 0.1) is 12.7 Å². The van der Waals surface area contributed by atoms with Gasteiger partial charge < -0.3 is 16.0 Å². The van der Waals surface area contributed by atoms with E-state index in [9.17, 15) is 9.18 Å². The van der Waals surface area contributed by atoms with Crippen LogP contribution in [-0.2, 0) is 4.79 Å². The smallest absolute Gasteiger partial charge is 0.239 e. The molecule has 0 bridgehead atoms. The fourth-order valence-electron chi connectivity index (χ4n) is 1.85. The van der Waals surface area contributed by atoms with E-state index < -0.39 is 0 Å². The Hall–Kier alpha value is -1.38. The zero-order valence-electron chi connectivity index (χ0n) is 14.1. The summed E-state index contributed by atoms with van der Waals surface area (Å²) in [5.74, 6) is 0.187. The van der Waals surface area contributed by atoms with Crippen molar-refractivity contribution in [3.8, 4) is 0 Å². The molecule has 130 valence electrons. The van der Waals surface area contributed by atoms with Crippen LogP contribution < -0.4 is 16.0 Å². The second-order valence-corrected chi connectivity index (χ2v) is 5.15. The summed E-state index contributed by atoms with van der Waals surface area (Å²) in [5.41, 5.74) is 1.44. The highest BCUT2D eigenvalue weighted by Gasteiger charge is 2.10. The molecule has 0 spiro atoms. The first-order valence-corrected chi connectivity index (χ1v) is 7.47. The van der Waals surface area contributed by atoms with Crippen molar-refractivity contribution in [1.82, 2.24) is 16.0 Å². The summed E-state index contributed by atoms with van der Waals surface area (Å²) in [6.45, 7) is 6.44. The van der Waals surface area contributed by atoms with Gasteiger partial charge in [0.05, 0.1) is 12.6 Å². The standard InChI is InChI=1S/C16H25FN4O.HI/c1-5-8-19-15(22)10-20-16(18-4)21-12(3)13-7-6-11(2)14(17)9-13;/h6-7,9,12H,5,8,10H2,1-4H3,(H,19,22)(H2,18,20,21);1H. The van der Waals surface area contributed by atoms with Gasteiger partial charge in [-0.3, -0.25) is 9.79 Å². The maximum absolute atomic E-state index is 13.6. The molecule has 0 saturated heterocycles. The number of hydrogen-bond donors (Lipinski definition) is 3. The number of rotatable bonds is 6. The molecule has 1 atom stereocenters. The second kappa shape index (κ2) is 11.2. The van der Waals surface area contributed by atoms with Crippen molar-refractivity contribution in [2.45, 2.75) is 33.2 Å². The highest BCUT2D eigenvalue weighted by molar-refractivity contribution is 14.0. The highest BCUT2D eigenvalue weighted by atomic mass is 127. The number of amides is 1. The molecule has 0 fully saturated rings. The molecule has 0 heterocycles. The van der Waals surface area contributed by atoms with E-state index in [2.05, 4.69) is 20.9 Å². The lowest BCUT2D eigenvalue weighted by Gasteiger charge is -2.18. The van der Waals surface area contributed by atoms with Crippen LogP contribution in [0.4, 0.5) is 4.39 Å². The first-order valence-electron chi connectivity index (χ1n) is 7.47. The van der Waals surface area contributed by atoms with Gasteiger partial charge in [-0.15, -0.1) is 24.0 Å². The summed E-state index contributed by atoms with van der Waals surface area (Å²) < 4.78 is 13.6. The second-order valence-electron chi connectivity index (χ2n) is 5.15. The molecule has 23 heavy (non-hydrogen) atoms. The van der Waals surface area contributed by atoms with Crippen LogP contribution in [0.1, 0.15) is 37.4 Å². The van der Waals surface area contributed by atoms with Crippen LogP contribution in [0.25, 0.3) is 0 Å². The largest absolute Gasteiger partial charge is 0.355 e. The zero-order chi connectivity index (χ0) is 16.5. The molecule has 0 saturated carbocycles. The quantitative estimate of drug-likeness (QED) is 0.365. The number of carbonyl (C=O) groups is 1. The van der Waals surface area contributed by atoms with E-state index in [-0.39, 0.29) is 48.3 Å². The number of halogens is 2. The number of benzene rings is 1. The third kappa shape index (κ3) is 7.62. The minimum Gasteiger partial charge on any atom is -0.355 e. The van der Waals surface area contributed by atoms with Crippen LogP contribution >= 0.6 is 24.0 Å². The first-order chi connectivity index (χ1) is 10.5. The van der Waals surface area contributed by atoms with Gasteiger partial charge >= 0.3 is 0 Å². The number of guanidine groups is 1. The normalized spacial score (nSPS) is 12.1. The van der Waals surface area contributed by atoms with Gasteiger partial charge in [-0.2, -0.15) is 0 Å². The topological polar surface area (TPSA) is 65.5 Å². The Morgan fingerprint density at radius 1 is 1.35 bits per heavy atom. The van der Waals surface area contributed by atoms with E-state index >= 15 is 0 Å². The molecule has 1 rings (SSSR count). The third-order valence-electron chi connectivity index (χ3n) is 3.26. The summed E-state index contributed by atoms with van der Waals surface area (Å²) in [7, 11) is 1.63. The Bertz CT molecular complexity index is 537. The van der Waals surface area contributed by atoms with Crippen molar-refractivity contribution < 1.29 is 9.18 Å². The van der Waals surface area contributed by atoms with Crippen LogP contribution in [0.5, 0.6) is 0 Å². The molecule has 0 aliphatic carbocycles. The Morgan fingerprint density at radius 2 is 2.04 bits per heavy atom. The van der Waals surface area contributed by atoms with Gasteiger partial charge in [0.25, 0.3) is 0 Å². The average molecular weight is 436 g/mol. The van der Waals surface area contributed by atoms with Gasteiger partial charge in [0.1, 0.15) is 5.82 Å². The number of aryl methyl sites for hydroxylation is 1. The number of carbonyl (C=O) groups excluding carboxylic acids is 1. The Balaban J connectivity index is 0.00000484. The van der Waals surface area contributed by atoms with Crippen LogP contribution in [0.15, 0.2) is 23.2 Å². The molecule has 5 nitrogen and oxygen atoms in total. The van der Waals surface area contributed by atoms with E-state index in [1.807, 2.05) is 19.9 Å². The molecular weight excluding hydrogens is 410 g/mol. The van der Waals surface area contributed by atoms with Crippen molar-refractivity contribution in [3.63, 3.8) is 0 Å². The number of nitrogens with one attached hydrogen (secondary N) is 3. The summed E-state index contributed by atoms with van der Waals surface area (Å²) in [5, 5.41) is 8.85. The van der Waals surface area contributed by atoms with Gasteiger partial charge in [-0.25, -0.2) is 4.39 Å². The minimum absolute atomic E-state index is 0. The lowest BCUT2D eigenvalue weighted by molar-refractivity contribution is -0.120. The molecule has 1 unspecified atom stereocenters.